The average molecular weight is 201 g/mol. The highest BCUT2D eigenvalue weighted by Gasteiger charge is 2.00. The van der Waals surface area contributed by atoms with Crippen LogP contribution in [-0.4, -0.2) is 31.2 Å². The lowest BCUT2D eigenvalue weighted by atomic mass is 10.2. The zero-order valence-electron chi connectivity index (χ0n) is 9.67. The van der Waals surface area contributed by atoms with E-state index in [1.807, 2.05) is 0 Å². The number of nitrogens with two attached hydrogens (primary N) is 2. The minimum Gasteiger partial charge on any atom is -0.330 e. The molecule has 0 aromatic rings. The van der Waals surface area contributed by atoms with Gasteiger partial charge in [-0.1, -0.05) is 26.2 Å². The summed E-state index contributed by atoms with van der Waals surface area (Å²) in [6.45, 7) is 5.99. The van der Waals surface area contributed by atoms with Crippen molar-refractivity contribution in [1.29, 1.82) is 0 Å². The first-order chi connectivity index (χ1) is 6.85. The maximum Gasteiger partial charge on any atom is 0.0455 e. The molecule has 0 radical (unpaired) electrons. The fourth-order valence-electron chi connectivity index (χ4n) is 1.54. The zero-order chi connectivity index (χ0) is 10.6. The topological polar surface area (TPSA) is 55.3 Å². The van der Waals surface area contributed by atoms with E-state index in [2.05, 4.69) is 11.8 Å². The van der Waals surface area contributed by atoms with E-state index < -0.39 is 0 Å². The van der Waals surface area contributed by atoms with Gasteiger partial charge >= 0.3 is 0 Å². The summed E-state index contributed by atoms with van der Waals surface area (Å²) in [6, 6.07) is 0. The van der Waals surface area contributed by atoms with Gasteiger partial charge in [0.25, 0.3) is 0 Å². The fourth-order valence-corrected chi connectivity index (χ4v) is 1.54. The van der Waals surface area contributed by atoms with E-state index in [4.69, 9.17) is 11.5 Å². The second-order valence-corrected chi connectivity index (χ2v) is 3.86. The predicted molar refractivity (Wildman–Crippen MR) is 63.1 cm³/mol. The van der Waals surface area contributed by atoms with Gasteiger partial charge in [-0.25, -0.2) is 0 Å². The molecule has 0 saturated carbocycles. The fraction of sp³-hybridized carbons (Fsp3) is 1.00. The second kappa shape index (κ2) is 11.0. The van der Waals surface area contributed by atoms with E-state index in [1.54, 1.807) is 0 Å². The van der Waals surface area contributed by atoms with Crippen LogP contribution in [0.2, 0.25) is 0 Å². The molecule has 0 aliphatic carbocycles. The summed E-state index contributed by atoms with van der Waals surface area (Å²) in [5.74, 6) is 0. The van der Waals surface area contributed by atoms with Crippen molar-refractivity contribution in [1.82, 2.24) is 4.90 Å². The molecule has 14 heavy (non-hydrogen) atoms. The molecule has 0 saturated heterocycles. The molecule has 0 aromatic heterocycles. The number of hydrogen-bond acceptors (Lipinski definition) is 3. The summed E-state index contributed by atoms with van der Waals surface area (Å²) in [4.78, 5) is 2.32. The Morgan fingerprint density at radius 2 is 1.50 bits per heavy atom. The first-order valence-corrected chi connectivity index (χ1v) is 5.97. The van der Waals surface area contributed by atoms with Crippen LogP contribution in [-0.2, 0) is 0 Å². The standard InChI is InChI=1S/C11H27N3/c1-2-3-4-6-9-14(11-13)10-7-5-8-12/h2-13H2,1H3. The first kappa shape index (κ1) is 13.9. The molecule has 0 aliphatic heterocycles. The molecule has 3 heteroatoms. The van der Waals surface area contributed by atoms with Gasteiger partial charge in [-0.05, 0) is 38.9 Å². The maximum absolute atomic E-state index is 5.66. The minimum atomic E-state index is 0.691. The monoisotopic (exact) mass is 201 g/mol. The molecule has 0 amide bonds. The van der Waals surface area contributed by atoms with Gasteiger partial charge < -0.3 is 11.5 Å². The van der Waals surface area contributed by atoms with Crippen molar-refractivity contribution in [2.45, 2.75) is 45.4 Å². The normalized spacial score (nSPS) is 11.1. The van der Waals surface area contributed by atoms with Crippen LogP contribution in [0.1, 0.15) is 45.4 Å². The molecule has 4 N–H and O–H groups in total. The van der Waals surface area contributed by atoms with Crippen LogP contribution in [0.15, 0.2) is 0 Å². The molecule has 0 bridgehead atoms. The van der Waals surface area contributed by atoms with Crippen molar-refractivity contribution in [3.8, 4) is 0 Å². The van der Waals surface area contributed by atoms with Crippen molar-refractivity contribution in [2.24, 2.45) is 11.5 Å². The van der Waals surface area contributed by atoms with Crippen LogP contribution < -0.4 is 11.5 Å². The second-order valence-electron chi connectivity index (χ2n) is 3.86. The lowest BCUT2D eigenvalue weighted by molar-refractivity contribution is 0.269. The molecule has 86 valence electrons. The summed E-state index contributed by atoms with van der Waals surface area (Å²) in [5, 5.41) is 0. The van der Waals surface area contributed by atoms with Crippen LogP contribution in [0.3, 0.4) is 0 Å². The third-order valence-corrected chi connectivity index (χ3v) is 2.51. The van der Waals surface area contributed by atoms with Gasteiger partial charge in [0.15, 0.2) is 0 Å². The Hall–Kier alpha value is -0.120. The van der Waals surface area contributed by atoms with Crippen LogP contribution in [0, 0.1) is 0 Å². The number of hydrogen-bond donors (Lipinski definition) is 2. The minimum absolute atomic E-state index is 0.691. The van der Waals surface area contributed by atoms with Gasteiger partial charge in [-0.3, -0.25) is 4.90 Å². The molecule has 0 heterocycles. The van der Waals surface area contributed by atoms with E-state index >= 15 is 0 Å². The molecule has 0 unspecified atom stereocenters. The van der Waals surface area contributed by atoms with Gasteiger partial charge in [-0.15, -0.1) is 0 Å². The zero-order valence-corrected chi connectivity index (χ0v) is 9.67. The Morgan fingerprint density at radius 1 is 0.857 bits per heavy atom. The van der Waals surface area contributed by atoms with E-state index in [-0.39, 0.29) is 0 Å². The number of rotatable bonds is 10. The summed E-state index contributed by atoms with van der Waals surface area (Å²) in [7, 11) is 0. The highest BCUT2D eigenvalue weighted by molar-refractivity contribution is 4.55. The third-order valence-electron chi connectivity index (χ3n) is 2.51. The molecule has 0 rings (SSSR count). The van der Waals surface area contributed by atoms with Crippen LogP contribution >= 0.6 is 0 Å². The Morgan fingerprint density at radius 3 is 2.00 bits per heavy atom. The largest absolute Gasteiger partial charge is 0.330 e. The summed E-state index contributed by atoms with van der Waals surface area (Å²) < 4.78 is 0. The smallest absolute Gasteiger partial charge is 0.0455 e. The highest BCUT2D eigenvalue weighted by Crippen LogP contribution is 2.01. The van der Waals surface area contributed by atoms with E-state index in [0.29, 0.717) is 6.67 Å². The van der Waals surface area contributed by atoms with Gasteiger partial charge in [0, 0.05) is 6.67 Å². The average Bonchev–Trinajstić information content (AvgIpc) is 2.22. The van der Waals surface area contributed by atoms with Crippen molar-refractivity contribution >= 4 is 0 Å². The SMILES string of the molecule is CCCCCCN(CN)CCCCN. The molecule has 3 nitrogen and oxygen atoms in total. The van der Waals surface area contributed by atoms with Gasteiger partial charge in [0.05, 0.1) is 0 Å². The van der Waals surface area contributed by atoms with Crippen LogP contribution in [0.25, 0.3) is 0 Å². The Kier molecular flexibility index (Phi) is 10.9. The van der Waals surface area contributed by atoms with Gasteiger partial charge in [-0.2, -0.15) is 0 Å². The number of unbranched alkanes of at least 4 members (excludes halogenated alkanes) is 4. The van der Waals surface area contributed by atoms with E-state index in [9.17, 15) is 0 Å². The quantitative estimate of drug-likeness (QED) is 0.416. The Balaban J connectivity index is 3.28. The van der Waals surface area contributed by atoms with Crippen LogP contribution in [0.4, 0.5) is 0 Å². The summed E-state index contributed by atoms with van der Waals surface area (Å²) >= 11 is 0. The molecule has 0 spiro atoms. The lowest BCUT2D eigenvalue weighted by Crippen LogP contribution is -2.32. The highest BCUT2D eigenvalue weighted by atomic mass is 15.2. The van der Waals surface area contributed by atoms with Crippen molar-refractivity contribution in [2.75, 3.05) is 26.3 Å². The van der Waals surface area contributed by atoms with Gasteiger partial charge in [0.1, 0.15) is 0 Å². The molecular weight excluding hydrogens is 174 g/mol. The van der Waals surface area contributed by atoms with E-state index in [0.717, 1.165) is 26.1 Å². The lowest BCUT2D eigenvalue weighted by Gasteiger charge is -2.19. The van der Waals surface area contributed by atoms with Gasteiger partial charge in [0.2, 0.25) is 0 Å². The van der Waals surface area contributed by atoms with Crippen molar-refractivity contribution < 1.29 is 0 Å². The molecule has 0 aliphatic rings. The number of nitrogens with zero attached hydrogens (tertiary/aromatic N) is 1. The molecule has 0 aromatic carbocycles. The first-order valence-electron chi connectivity index (χ1n) is 5.97. The van der Waals surface area contributed by atoms with Crippen LogP contribution in [0.5, 0.6) is 0 Å². The summed E-state index contributed by atoms with van der Waals surface area (Å²) in [5.41, 5.74) is 11.1. The Bertz CT molecular complexity index is 107. The van der Waals surface area contributed by atoms with Crippen molar-refractivity contribution in [3.05, 3.63) is 0 Å². The third kappa shape index (κ3) is 8.48. The Labute approximate surface area is 88.8 Å². The van der Waals surface area contributed by atoms with E-state index in [1.165, 1.54) is 32.1 Å². The maximum atomic E-state index is 5.66. The molecular formula is C11H27N3. The predicted octanol–water partition coefficient (Wildman–Crippen LogP) is 1.52. The molecule has 0 fully saturated rings. The summed E-state index contributed by atoms with van der Waals surface area (Å²) in [6.07, 6.45) is 7.57. The van der Waals surface area contributed by atoms with Crippen molar-refractivity contribution in [3.63, 3.8) is 0 Å². The molecule has 0 atom stereocenters.